The van der Waals surface area contributed by atoms with Crippen molar-refractivity contribution in [2.24, 2.45) is 0 Å². The number of Topliss-reactive ketones (excluding diaryl/α,β-unsaturated/α-hetero) is 1. The Morgan fingerprint density at radius 3 is 2.38 bits per heavy atom. The van der Waals surface area contributed by atoms with Crippen molar-refractivity contribution in [1.82, 2.24) is 9.55 Å². The highest BCUT2D eigenvalue weighted by molar-refractivity contribution is 6.02. The van der Waals surface area contributed by atoms with Gasteiger partial charge in [0.15, 0.2) is 6.61 Å². The van der Waals surface area contributed by atoms with E-state index in [0.29, 0.717) is 12.0 Å². The van der Waals surface area contributed by atoms with Gasteiger partial charge in [-0.25, -0.2) is 9.59 Å². The number of carbonyl (C=O) groups is 2. The summed E-state index contributed by atoms with van der Waals surface area (Å²) in [6, 6.07) is 6.80. The van der Waals surface area contributed by atoms with Gasteiger partial charge in [-0.15, -0.1) is 0 Å². The van der Waals surface area contributed by atoms with Crippen molar-refractivity contribution in [3.8, 4) is 0 Å². The number of nitrogen functional groups attached to an aromatic ring is 1. The lowest BCUT2D eigenvalue weighted by molar-refractivity contribution is 0.0474. The van der Waals surface area contributed by atoms with Crippen LogP contribution < -0.4 is 17.0 Å². The van der Waals surface area contributed by atoms with Crippen LogP contribution in [0.3, 0.4) is 0 Å². The second-order valence-electron chi connectivity index (χ2n) is 5.72. The summed E-state index contributed by atoms with van der Waals surface area (Å²) in [5.74, 6) is -1.68. The summed E-state index contributed by atoms with van der Waals surface area (Å²) in [4.78, 5) is 50.1. The number of carbonyl (C=O) groups excluding carboxylic acids is 2. The Hall–Kier alpha value is -3.16. The standard InChI is InChI=1S/C18H21N3O5/c1-3-9-21-15(19)14(16(23)20-18(21)25)13(22)10-26-17(24)12-7-5-11(4-2)6-8-12/h5-8H,3-4,9-10,19H2,1-2H3,(H,20,23,25). The van der Waals surface area contributed by atoms with Crippen LogP contribution in [0.5, 0.6) is 0 Å². The molecule has 1 aromatic carbocycles. The zero-order chi connectivity index (χ0) is 19.3. The van der Waals surface area contributed by atoms with Gasteiger partial charge in [-0.3, -0.25) is 19.1 Å². The first-order valence-electron chi connectivity index (χ1n) is 8.30. The maximum atomic E-state index is 12.3. The van der Waals surface area contributed by atoms with Crippen molar-refractivity contribution in [3.63, 3.8) is 0 Å². The Bertz CT molecular complexity index is 925. The Morgan fingerprint density at radius 2 is 1.81 bits per heavy atom. The van der Waals surface area contributed by atoms with Crippen molar-refractivity contribution in [3.05, 3.63) is 61.8 Å². The third-order valence-corrected chi connectivity index (χ3v) is 3.90. The van der Waals surface area contributed by atoms with Gasteiger partial charge in [0.1, 0.15) is 11.4 Å². The third-order valence-electron chi connectivity index (χ3n) is 3.90. The summed E-state index contributed by atoms with van der Waals surface area (Å²) in [7, 11) is 0. The van der Waals surface area contributed by atoms with Crippen LogP contribution in [0.2, 0.25) is 0 Å². The summed E-state index contributed by atoms with van der Waals surface area (Å²) in [6.45, 7) is 3.42. The van der Waals surface area contributed by atoms with Gasteiger partial charge in [-0.05, 0) is 30.5 Å². The number of nitrogens with zero attached hydrogens (tertiary/aromatic N) is 1. The lowest BCUT2D eigenvalue weighted by Gasteiger charge is -2.11. The predicted octanol–water partition coefficient (Wildman–Crippen LogP) is 1.13. The normalized spacial score (nSPS) is 10.5. The van der Waals surface area contributed by atoms with Gasteiger partial charge in [0.25, 0.3) is 5.56 Å². The van der Waals surface area contributed by atoms with Crippen LogP contribution in [0.4, 0.5) is 5.82 Å². The molecular weight excluding hydrogens is 338 g/mol. The molecule has 8 nitrogen and oxygen atoms in total. The second-order valence-corrected chi connectivity index (χ2v) is 5.72. The van der Waals surface area contributed by atoms with Gasteiger partial charge in [-0.2, -0.15) is 0 Å². The Morgan fingerprint density at radius 1 is 1.15 bits per heavy atom. The average Bonchev–Trinajstić information content (AvgIpc) is 2.63. The number of nitrogens with two attached hydrogens (primary N) is 1. The van der Waals surface area contributed by atoms with E-state index in [4.69, 9.17) is 10.5 Å². The SMILES string of the molecule is CCCn1c(N)c(C(=O)COC(=O)c2ccc(CC)cc2)c(=O)[nH]c1=O. The number of esters is 1. The number of aryl methyl sites for hydroxylation is 1. The van der Waals surface area contributed by atoms with Crippen molar-refractivity contribution in [2.45, 2.75) is 33.2 Å². The fourth-order valence-corrected chi connectivity index (χ4v) is 2.47. The number of ketones is 1. The summed E-state index contributed by atoms with van der Waals surface area (Å²) in [6.07, 6.45) is 1.43. The van der Waals surface area contributed by atoms with E-state index in [-0.39, 0.29) is 17.9 Å². The van der Waals surface area contributed by atoms with E-state index >= 15 is 0 Å². The molecule has 0 aliphatic rings. The molecule has 3 N–H and O–H groups in total. The van der Waals surface area contributed by atoms with Crippen molar-refractivity contribution < 1.29 is 14.3 Å². The Labute approximate surface area is 149 Å². The molecule has 8 heteroatoms. The largest absolute Gasteiger partial charge is 0.454 e. The third kappa shape index (κ3) is 4.08. The van der Waals surface area contributed by atoms with Crippen LogP contribution in [0.1, 0.15) is 46.5 Å². The number of ether oxygens (including phenoxy) is 1. The van der Waals surface area contributed by atoms with Gasteiger partial charge in [0.2, 0.25) is 5.78 Å². The van der Waals surface area contributed by atoms with E-state index in [9.17, 15) is 19.2 Å². The molecule has 2 aromatic rings. The van der Waals surface area contributed by atoms with Crippen molar-refractivity contribution >= 4 is 17.6 Å². The molecule has 0 saturated carbocycles. The minimum absolute atomic E-state index is 0.228. The van der Waals surface area contributed by atoms with Crippen LogP contribution in [-0.2, 0) is 17.7 Å². The lowest BCUT2D eigenvalue weighted by Crippen LogP contribution is -2.37. The van der Waals surface area contributed by atoms with Crippen LogP contribution in [0.15, 0.2) is 33.9 Å². The molecule has 0 amide bonds. The molecule has 138 valence electrons. The first kappa shape index (κ1) is 19.2. The number of aromatic nitrogens is 2. The molecule has 0 radical (unpaired) electrons. The van der Waals surface area contributed by atoms with Gasteiger partial charge >= 0.3 is 11.7 Å². The molecule has 0 aliphatic carbocycles. The Balaban J connectivity index is 2.17. The van der Waals surface area contributed by atoms with Gasteiger partial charge in [0.05, 0.1) is 5.56 Å². The van der Waals surface area contributed by atoms with E-state index in [1.165, 1.54) is 0 Å². The van der Waals surface area contributed by atoms with Crippen LogP contribution >= 0.6 is 0 Å². The number of H-pyrrole nitrogens is 1. The summed E-state index contributed by atoms with van der Waals surface area (Å²) in [5, 5.41) is 0. The summed E-state index contributed by atoms with van der Waals surface area (Å²) in [5.41, 5.74) is 5.21. The molecule has 0 fully saturated rings. The number of nitrogens with one attached hydrogen (secondary N) is 1. The molecule has 0 spiro atoms. The first-order chi connectivity index (χ1) is 12.4. The highest BCUT2D eigenvalue weighted by Gasteiger charge is 2.20. The van der Waals surface area contributed by atoms with E-state index < -0.39 is 29.6 Å². The van der Waals surface area contributed by atoms with Crippen molar-refractivity contribution in [2.75, 3.05) is 12.3 Å². The number of benzene rings is 1. The smallest absolute Gasteiger partial charge is 0.338 e. The molecule has 0 saturated heterocycles. The molecule has 0 unspecified atom stereocenters. The van der Waals surface area contributed by atoms with Gasteiger partial charge in [-0.1, -0.05) is 26.0 Å². The van der Waals surface area contributed by atoms with E-state index in [0.717, 1.165) is 16.6 Å². The highest BCUT2D eigenvalue weighted by atomic mass is 16.5. The minimum atomic E-state index is -0.895. The van der Waals surface area contributed by atoms with Gasteiger partial charge < -0.3 is 10.5 Å². The van der Waals surface area contributed by atoms with Crippen LogP contribution in [0.25, 0.3) is 0 Å². The van der Waals surface area contributed by atoms with E-state index in [2.05, 4.69) is 4.98 Å². The van der Waals surface area contributed by atoms with Crippen LogP contribution in [0, 0.1) is 0 Å². The molecule has 2 rings (SSSR count). The predicted molar refractivity (Wildman–Crippen MR) is 96.5 cm³/mol. The number of hydrogen-bond acceptors (Lipinski definition) is 6. The number of hydrogen-bond donors (Lipinski definition) is 2. The molecule has 1 aromatic heterocycles. The topological polar surface area (TPSA) is 124 Å². The van der Waals surface area contributed by atoms with Gasteiger partial charge in [0, 0.05) is 6.54 Å². The monoisotopic (exact) mass is 359 g/mol. The van der Waals surface area contributed by atoms with E-state index in [1.807, 2.05) is 13.8 Å². The average molecular weight is 359 g/mol. The van der Waals surface area contributed by atoms with E-state index in [1.54, 1.807) is 24.3 Å². The maximum Gasteiger partial charge on any atom is 0.338 e. The molecule has 26 heavy (non-hydrogen) atoms. The zero-order valence-corrected chi connectivity index (χ0v) is 14.7. The number of aromatic amines is 1. The fourth-order valence-electron chi connectivity index (χ4n) is 2.47. The molecule has 0 aliphatic heterocycles. The minimum Gasteiger partial charge on any atom is -0.454 e. The second kappa shape index (κ2) is 8.28. The first-order valence-corrected chi connectivity index (χ1v) is 8.30. The highest BCUT2D eigenvalue weighted by Crippen LogP contribution is 2.09. The van der Waals surface area contributed by atoms with Crippen LogP contribution in [-0.4, -0.2) is 27.9 Å². The maximum absolute atomic E-state index is 12.3. The summed E-state index contributed by atoms with van der Waals surface area (Å²) >= 11 is 0. The molecule has 0 bridgehead atoms. The number of anilines is 1. The summed E-state index contributed by atoms with van der Waals surface area (Å²) < 4.78 is 6.08. The number of rotatable bonds is 7. The zero-order valence-electron chi connectivity index (χ0n) is 14.7. The van der Waals surface area contributed by atoms with Crippen molar-refractivity contribution in [1.29, 1.82) is 0 Å². The molecule has 0 atom stereocenters. The molecular formula is C18H21N3O5. The Kier molecular flexibility index (Phi) is 6.11. The molecule has 1 heterocycles. The fraction of sp³-hybridized carbons (Fsp3) is 0.333. The quantitative estimate of drug-likeness (QED) is 0.564. The lowest BCUT2D eigenvalue weighted by atomic mass is 10.1.